The Bertz CT molecular complexity index is 288. The number of nitrogens with zero attached hydrogens (tertiary/aromatic N) is 1. The Labute approximate surface area is 98.9 Å². The average molecular weight is 248 g/mol. The molecule has 5 nitrogen and oxygen atoms in total. The van der Waals surface area contributed by atoms with E-state index in [-0.39, 0.29) is 11.3 Å². The molecule has 94 valence electrons. The second-order valence-corrected chi connectivity index (χ2v) is 6.34. The maximum atomic E-state index is 11.7. The fourth-order valence-electron chi connectivity index (χ4n) is 1.62. The standard InChI is InChI=1S/C10H20N2O3S/c1-10(2,3)15-9(13)12-6-4-5-8(7-12)16(11)14/h8H,4-7,11H2,1-3H3. The topological polar surface area (TPSA) is 72.6 Å². The number of amides is 1. The van der Waals surface area contributed by atoms with Crippen LogP contribution in [0.25, 0.3) is 0 Å². The second kappa shape index (κ2) is 5.14. The molecule has 0 bridgehead atoms. The van der Waals surface area contributed by atoms with Gasteiger partial charge in [-0.05, 0) is 33.6 Å². The molecule has 16 heavy (non-hydrogen) atoms. The summed E-state index contributed by atoms with van der Waals surface area (Å²) in [5, 5.41) is 5.23. The molecule has 1 saturated heterocycles. The SMILES string of the molecule is CC(C)(C)OC(=O)N1CCCC(S(N)=O)C1. The lowest BCUT2D eigenvalue weighted by atomic mass is 10.1. The van der Waals surface area contributed by atoms with Crippen LogP contribution in [0.1, 0.15) is 33.6 Å². The molecular weight excluding hydrogens is 228 g/mol. The van der Waals surface area contributed by atoms with Crippen LogP contribution in [0.3, 0.4) is 0 Å². The van der Waals surface area contributed by atoms with Gasteiger partial charge in [-0.3, -0.25) is 5.14 Å². The first kappa shape index (κ1) is 13.4. The molecule has 0 spiro atoms. The van der Waals surface area contributed by atoms with Gasteiger partial charge in [0, 0.05) is 13.1 Å². The Balaban J connectivity index is 2.54. The van der Waals surface area contributed by atoms with E-state index in [1.54, 1.807) is 4.90 Å². The number of rotatable bonds is 1. The summed E-state index contributed by atoms with van der Waals surface area (Å²) in [5.74, 6) is 0. The van der Waals surface area contributed by atoms with E-state index in [0.717, 1.165) is 12.8 Å². The highest BCUT2D eigenvalue weighted by Gasteiger charge is 2.29. The number of hydrogen-bond donors (Lipinski definition) is 1. The smallest absolute Gasteiger partial charge is 0.410 e. The lowest BCUT2D eigenvalue weighted by Crippen LogP contribution is -2.46. The van der Waals surface area contributed by atoms with Crippen LogP contribution in [0.15, 0.2) is 0 Å². The van der Waals surface area contributed by atoms with Crippen molar-refractivity contribution in [3.05, 3.63) is 0 Å². The van der Waals surface area contributed by atoms with Gasteiger partial charge in [0.2, 0.25) is 0 Å². The van der Waals surface area contributed by atoms with Gasteiger partial charge < -0.3 is 9.64 Å². The Hall–Kier alpha value is -0.620. The first-order chi connectivity index (χ1) is 7.29. The largest absolute Gasteiger partial charge is 0.444 e. The van der Waals surface area contributed by atoms with Crippen molar-refractivity contribution in [2.75, 3.05) is 13.1 Å². The molecular formula is C10H20N2O3S. The molecule has 1 aliphatic heterocycles. The van der Waals surface area contributed by atoms with E-state index in [9.17, 15) is 9.00 Å². The number of likely N-dealkylation sites (tertiary alicyclic amines) is 1. The van der Waals surface area contributed by atoms with E-state index in [4.69, 9.17) is 9.88 Å². The van der Waals surface area contributed by atoms with Gasteiger partial charge in [0.1, 0.15) is 5.60 Å². The summed E-state index contributed by atoms with van der Waals surface area (Å²) in [6.45, 7) is 6.56. The fraction of sp³-hybridized carbons (Fsp3) is 0.900. The average Bonchev–Trinajstić information content (AvgIpc) is 2.15. The number of piperidine rings is 1. The van der Waals surface area contributed by atoms with E-state index < -0.39 is 16.6 Å². The third-order valence-corrected chi connectivity index (χ3v) is 3.40. The minimum absolute atomic E-state index is 0.124. The molecule has 0 aromatic carbocycles. The first-order valence-corrected chi connectivity index (χ1v) is 6.70. The van der Waals surface area contributed by atoms with E-state index in [2.05, 4.69) is 0 Å². The highest BCUT2D eigenvalue weighted by Crippen LogP contribution is 2.17. The number of nitrogens with two attached hydrogens (primary N) is 1. The number of carbonyl (C=O) groups excluding carboxylic acids is 1. The van der Waals surface area contributed by atoms with Crippen molar-refractivity contribution in [3.63, 3.8) is 0 Å². The summed E-state index contributed by atoms with van der Waals surface area (Å²) in [5.41, 5.74) is -0.494. The van der Waals surface area contributed by atoms with E-state index >= 15 is 0 Å². The van der Waals surface area contributed by atoms with E-state index in [1.807, 2.05) is 20.8 Å². The van der Waals surface area contributed by atoms with Crippen LogP contribution in [0.4, 0.5) is 4.79 Å². The molecule has 2 unspecified atom stereocenters. The summed E-state index contributed by atoms with van der Waals surface area (Å²) in [6.07, 6.45) is 1.29. The van der Waals surface area contributed by atoms with Crippen LogP contribution in [-0.2, 0) is 15.7 Å². The number of hydrogen-bond acceptors (Lipinski definition) is 3. The highest BCUT2D eigenvalue weighted by atomic mass is 32.2. The molecule has 2 N–H and O–H groups in total. The Morgan fingerprint density at radius 1 is 1.50 bits per heavy atom. The minimum Gasteiger partial charge on any atom is -0.444 e. The van der Waals surface area contributed by atoms with Crippen LogP contribution in [0, 0.1) is 0 Å². The molecule has 1 amide bonds. The van der Waals surface area contributed by atoms with Gasteiger partial charge in [0.15, 0.2) is 0 Å². The summed E-state index contributed by atoms with van der Waals surface area (Å²) in [7, 11) is -1.36. The van der Waals surface area contributed by atoms with Crippen molar-refractivity contribution < 1.29 is 13.7 Å². The van der Waals surface area contributed by atoms with Crippen LogP contribution < -0.4 is 5.14 Å². The monoisotopic (exact) mass is 248 g/mol. The van der Waals surface area contributed by atoms with Gasteiger partial charge in [-0.15, -0.1) is 0 Å². The predicted molar refractivity (Wildman–Crippen MR) is 63.2 cm³/mol. The van der Waals surface area contributed by atoms with E-state index in [0.29, 0.717) is 13.1 Å². The second-order valence-electron chi connectivity index (χ2n) is 5.02. The van der Waals surface area contributed by atoms with Gasteiger partial charge in [0.25, 0.3) is 0 Å². The molecule has 1 fully saturated rings. The number of carbonyl (C=O) groups is 1. The lowest BCUT2D eigenvalue weighted by molar-refractivity contribution is 0.0220. The number of ether oxygens (including phenoxy) is 1. The highest BCUT2D eigenvalue weighted by molar-refractivity contribution is 7.83. The predicted octanol–water partition coefficient (Wildman–Crippen LogP) is 1.01. The van der Waals surface area contributed by atoms with Crippen molar-refractivity contribution in [2.24, 2.45) is 5.14 Å². The van der Waals surface area contributed by atoms with Crippen LogP contribution in [0.5, 0.6) is 0 Å². The molecule has 0 aromatic rings. The van der Waals surface area contributed by atoms with Gasteiger partial charge in [-0.1, -0.05) is 0 Å². The van der Waals surface area contributed by atoms with Crippen LogP contribution in [0.2, 0.25) is 0 Å². The Morgan fingerprint density at radius 2 is 2.12 bits per heavy atom. The summed E-state index contributed by atoms with van der Waals surface area (Å²) >= 11 is 0. The third-order valence-electron chi connectivity index (χ3n) is 2.36. The zero-order chi connectivity index (χ0) is 12.3. The molecule has 1 rings (SSSR count). The molecule has 0 saturated carbocycles. The van der Waals surface area contributed by atoms with Crippen molar-refractivity contribution in [1.82, 2.24) is 4.90 Å². The Morgan fingerprint density at radius 3 is 2.62 bits per heavy atom. The summed E-state index contributed by atoms with van der Waals surface area (Å²) < 4.78 is 16.4. The molecule has 6 heteroatoms. The van der Waals surface area contributed by atoms with Gasteiger partial charge in [-0.25, -0.2) is 9.00 Å². The molecule has 0 aliphatic carbocycles. The maximum absolute atomic E-state index is 11.7. The molecule has 0 radical (unpaired) electrons. The van der Waals surface area contributed by atoms with Crippen molar-refractivity contribution in [1.29, 1.82) is 0 Å². The Kier molecular flexibility index (Phi) is 4.32. The lowest BCUT2D eigenvalue weighted by Gasteiger charge is -2.32. The fourth-order valence-corrected chi connectivity index (χ4v) is 2.35. The van der Waals surface area contributed by atoms with Crippen molar-refractivity contribution in [2.45, 2.75) is 44.5 Å². The van der Waals surface area contributed by atoms with Gasteiger partial charge in [0.05, 0.1) is 16.2 Å². The molecule has 1 aliphatic rings. The molecule has 1 heterocycles. The maximum Gasteiger partial charge on any atom is 0.410 e. The van der Waals surface area contributed by atoms with Crippen LogP contribution in [-0.4, -0.2) is 39.1 Å². The minimum atomic E-state index is -1.36. The van der Waals surface area contributed by atoms with Crippen molar-refractivity contribution >= 4 is 17.1 Å². The third kappa shape index (κ3) is 4.09. The van der Waals surface area contributed by atoms with E-state index in [1.165, 1.54) is 0 Å². The van der Waals surface area contributed by atoms with Gasteiger partial charge in [-0.2, -0.15) is 0 Å². The van der Waals surface area contributed by atoms with Crippen LogP contribution >= 0.6 is 0 Å². The van der Waals surface area contributed by atoms with Crippen molar-refractivity contribution in [3.8, 4) is 0 Å². The summed E-state index contributed by atoms with van der Waals surface area (Å²) in [6, 6.07) is 0. The normalized spacial score (nSPS) is 24.0. The zero-order valence-corrected chi connectivity index (χ0v) is 10.9. The molecule has 0 aromatic heterocycles. The first-order valence-electron chi connectivity index (χ1n) is 5.42. The summed E-state index contributed by atoms with van der Waals surface area (Å²) in [4.78, 5) is 13.3. The molecule has 2 atom stereocenters. The van der Waals surface area contributed by atoms with Gasteiger partial charge >= 0.3 is 6.09 Å². The zero-order valence-electron chi connectivity index (χ0n) is 10.1. The quantitative estimate of drug-likeness (QED) is 0.752.